The lowest BCUT2D eigenvalue weighted by molar-refractivity contribution is 0.733. The average molecular weight is 155 g/mol. The van der Waals surface area contributed by atoms with Gasteiger partial charge in [0.15, 0.2) is 0 Å². The van der Waals surface area contributed by atoms with Crippen LogP contribution in [0.25, 0.3) is 4.96 Å². The van der Waals surface area contributed by atoms with Crippen LogP contribution < -0.4 is 5.69 Å². The standard InChI is InChI=1S/C5H5N3OS/c1-7-5(9)8-2-3-10-4(8)6-7/h2-3H,1H3. The van der Waals surface area contributed by atoms with Crippen molar-refractivity contribution in [1.82, 2.24) is 14.2 Å². The second-order valence-corrected chi connectivity index (χ2v) is 2.83. The third-order valence-corrected chi connectivity index (χ3v) is 2.05. The van der Waals surface area contributed by atoms with E-state index in [1.807, 2.05) is 5.38 Å². The van der Waals surface area contributed by atoms with Crippen LogP contribution in [-0.2, 0) is 7.05 Å². The average Bonchev–Trinajstić information content (AvgIpc) is 2.41. The van der Waals surface area contributed by atoms with Crippen molar-refractivity contribution in [2.75, 3.05) is 0 Å². The molecule has 0 aliphatic rings. The van der Waals surface area contributed by atoms with Gasteiger partial charge in [0.25, 0.3) is 0 Å². The maximum absolute atomic E-state index is 11.1. The van der Waals surface area contributed by atoms with Crippen LogP contribution >= 0.6 is 11.3 Å². The van der Waals surface area contributed by atoms with Crippen molar-refractivity contribution in [2.24, 2.45) is 7.05 Å². The van der Waals surface area contributed by atoms with Crippen molar-refractivity contribution < 1.29 is 0 Å². The summed E-state index contributed by atoms with van der Waals surface area (Å²) >= 11 is 1.45. The summed E-state index contributed by atoms with van der Waals surface area (Å²) < 4.78 is 2.84. The third-order valence-electron chi connectivity index (χ3n) is 1.31. The highest BCUT2D eigenvalue weighted by molar-refractivity contribution is 7.15. The van der Waals surface area contributed by atoms with Crippen molar-refractivity contribution in [1.29, 1.82) is 0 Å². The first-order chi connectivity index (χ1) is 4.79. The van der Waals surface area contributed by atoms with Gasteiger partial charge in [-0.2, -0.15) is 0 Å². The van der Waals surface area contributed by atoms with Gasteiger partial charge in [0.05, 0.1) is 0 Å². The summed E-state index contributed by atoms with van der Waals surface area (Å²) in [6, 6.07) is 0. The Labute approximate surface area is 60.3 Å². The summed E-state index contributed by atoms with van der Waals surface area (Å²) in [7, 11) is 1.64. The SMILES string of the molecule is Cn1nc2sccn2c1=O. The molecule has 0 fully saturated rings. The highest BCUT2D eigenvalue weighted by Crippen LogP contribution is 2.03. The van der Waals surface area contributed by atoms with Crippen LogP contribution in [0, 0.1) is 0 Å². The fraction of sp³-hybridized carbons (Fsp3) is 0.200. The number of hydrogen-bond donors (Lipinski definition) is 0. The van der Waals surface area contributed by atoms with E-state index in [-0.39, 0.29) is 5.69 Å². The van der Waals surface area contributed by atoms with Crippen molar-refractivity contribution in [2.45, 2.75) is 0 Å². The largest absolute Gasteiger partial charge is 0.350 e. The molecule has 0 unspecified atom stereocenters. The molecule has 0 saturated carbocycles. The van der Waals surface area contributed by atoms with Gasteiger partial charge in [-0.3, -0.25) is 0 Å². The third kappa shape index (κ3) is 0.550. The van der Waals surface area contributed by atoms with Gasteiger partial charge < -0.3 is 0 Å². The van der Waals surface area contributed by atoms with Crippen molar-refractivity contribution >= 4 is 16.3 Å². The maximum Gasteiger partial charge on any atom is 0.350 e. The predicted molar refractivity (Wildman–Crippen MR) is 38.3 cm³/mol. The van der Waals surface area contributed by atoms with Gasteiger partial charge in [0, 0.05) is 18.6 Å². The summed E-state index contributed by atoms with van der Waals surface area (Å²) in [6.07, 6.45) is 1.72. The Hall–Kier alpha value is -1.10. The molecule has 4 nitrogen and oxygen atoms in total. The smallest absolute Gasteiger partial charge is 0.246 e. The van der Waals surface area contributed by atoms with Gasteiger partial charge in [0.1, 0.15) is 0 Å². The van der Waals surface area contributed by atoms with Crippen LogP contribution in [0.1, 0.15) is 0 Å². The van der Waals surface area contributed by atoms with Gasteiger partial charge in [-0.25, -0.2) is 13.9 Å². The number of aryl methyl sites for hydroxylation is 1. The summed E-state index contributed by atoms with van der Waals surface area (Å²) in [5, 5.41) is 5.80. The van der Waals surface area contributed by atoms with Crippen molar-refractivity contribution in [3.8, 4) is 0 Å². The van der Waals surface area contributed by atoms with E-state index in [1.165, 1.54) is 20.4 Å². The molecular weight excluding hydrogens is 150 g/mol. The molecule has 52 valence electrons. The fourth-order valence-electron chi connectivity index (χ4n) is 0.817. The number of fused-ring (bicyclic) bond motifs is 1. The van der Waals surface area contributed by atoms with Crippen LogP contribution in [0.5, 0.6) is 0 Å². The zero-order valence-electron chi connectivity index (χ0n) is 5.31. The fourth-order valence-corrected chi connectivity index (χ4v) is 1.54. The van der Waals surface area contributed by atoms with Gasteiger partial charge in [-0.1, -0.05) is 0 Å². The Kier molecular flexibility index (Phi) is 0.960. The van der Waals surface area contributed by atoms with E-state index in [1.54, 1.807) is 13.2 Å². The zero-order chi connectivity index (χ0) is 7.14. The Bertz CT molecular complexity index is 410. The van der Waals surface area contributed by atoms with E-state index in [9.17, 15) is 4.79 Å². The number of nitrogens with zero attached hydrogens (tertiary/aromatic N) is 3. The number of hydrogen-bond acceptors (Lipinski definition) is 3. The zero-order valence-corrected chi connectivity index (χ0v) is 6.13. The van der Waals surface area contributed by atoms with Gasteiger partial charge >= 0.3 is 5.69 Å². The molecule has 0 atom stereocenters. The highest BCUT2D eigenvalue weighted by Gasteiger charge is 2.01. The van der Waals surface area contributed by atoms with Gasteiger partial charge in [0.2, 0.25) is 4.96 Å². The maximum atomic E-state index is 11.1. The van der Waals surface area contributed by atoms with E-state index in [0.29, 0.717) is 0 Å². The second-order valence-electron chi connectivity index (χ2n) is 1.96. The second kappa shape index (κ2) is 1.69. The molecule has 0 saturated heterocycles. The first-order valence-electron chi connectivity index (χ1n) is 2.78. The minimum absolute atomic E-state index is 0.0868. The van der Waals surface area contributed by atoms with Crippen LogP contribution in [0.15, 0.2) is 16.4 Å². The number of rotatable bonds is 0. The normalized spacial score (nSPS) is 10.9. The molecule has 2 heterocycles. The molecule has 2 rings (SSSR count). The van der Waals surface area contributed by atoms with E-state index in [4.69, 9.17) is 0 Å². The van der Waals surface area contributed by atoms with Crippen LogP contribution in [0.3, 0.4) is 0 Å². The Morgan fingerprint density at radius 1 is 1.70 bits per heavy atom. The van der Waals surface area contributed by atoms with Gasteiger partial charge in [-0.15, -0.1) is 16.4 Å². The Morgan fingerprint density at radius 3 is 3.20 bits per heavy atom. The Balaban J connectivity index is 3.09. The summed E-state index contributed by atoms with van der Waals surface area (Å²) in [5.41, 5.74) is -0.0868. The molecule has 2 aromatic heterocycles. The van der Waals surface area contributed by atoms with Crippen LogP contribution in [0.2, 0.25) is 0 Å². The first kappa shape index (κ1) is 5.67. The van der Waals surface area contributed by atoms with E-state index in [0.717, 1.165) is 4.96 Å². The molecule has 0 aliphatic carbocycles. The predicted octanol–water partition coefficient (Wildman–Crippen LogP) is 0.0945. The molecule has 0 radical (unpaired) electrons. The molecule has 5 heteroatoms. The molecule has 0 aromatic carbocycles. The molecule has 2 aromatic rings. The van der Waals surface area contributed by atoms with E-state index in [2.05, 4.69) is 5.10 Å². The number of thiazole rings is 1. The minimum Gasteiger partial charge on any atom is -0.246 e. The molecule has 10 heavy (non-hydrogen) atoms. The van der Waals surface area contributed by atoms with Crippen LogP contribution in [-0.4, -0.2) is 14.2 Å². The molecular formula is C5H5N3OS. The highest BCUT2D eigenvalue weighted by atomic mass is 32.1. The van der Waals surface area contributed by atoms with Crippen molar-refractivity contribution in [3.05, 3.63) is 22.1 Å². The lowest BCUT2D eigenvalue weighted by atomic mass is 10.9. The molecule has 0 amide bonds. The van der Waals surface area contributed by atoms with E-state index < -0.39 is 0 Å². The molecule has 0 spiro atoms. The summed E-state index contributed by atoms with van der Waals surface area (Å²) in [4.78, 5) is 11.8. The lowest BCUT2D eigenvalue weighted by Gasteiger charge is -1.77. The summed E-state index contributed by atoms with van der Waals surface area (Å²) in [5.74, 6) is 0. The van der Waals surface area contributed by atoms with Crippen LogP contribution in [0.4, 0.5) is 0 Å². The quantitative estimate of drug-likeness (QED) is 0.541. The first-order valence-corrected chi connectivity index (χ1v) is 3.66. The Morgan fingerprint density at radius 2 is 2.50 bits per heavy atom. The monoisotopic (exact) mass is 155 g/mol. The van der Waals surface area contributed by atoms with E-state index >= 15 is 0 Å². The molecule has 0 N–H and O–H groups in total. The molecule has 0 aliphatic heterocycles. The number of aromatic nitrogens is 3. The summed E-state index contributed by atoms with van der Waals surface area (Å²) in [6.45, 7) is 0. The molecule has 0 bridgehead atoms. The topological polar surface area (TPSA) is 39.3 Å². The van der Waals surface area contributed by atoms with Crippen molar-refractivity contribution in [3.63, 3.8) is 0 Å². The van der Waals surface area contributed by atoms with Gasteiger partial charge in [-0.05, 0) is 0 Å². The minimum atomic E-state index is -0.0868. The lowest BCUT2D eigenvalue weighted by Crippen LogP contribution is -2.16.